The minimum absolute atomic E-state index is 0.0325. The van der Waals surface area contributed by atoms with E-state index < -0.39 is 10.0 Å². The summed E-state index contributed by atoms with van der Waals surface area (Å²) in [6, 6.07) is 11.6. The van der Waals surface area contributed by atoms with Crippen LogP contribution in [0.25, 0.3) is 0 Å². The summed E-state index contributed by atoms with van der Waals surface area (Å²) in [6.07, 6.45) is 1.47. The molecule has 0 saturated carbocycles. The van der Waals surface area contributed by atoms with Gasteiger partial charge in [0.1, 0.15) is 5.75 Å². The molecule has 2 aromatic rings. The van der Waals surface area contributed by atoms with Crippen LogP contribution in [0.5, 0.6) is 5.75 Å². The number of anilines is 1. The zero-order valence-corrected chi connectivity index (χ0v) is 18.9. The smallest absolute Gasteiger partial charge is 0.264 e. The van der Waals surface area contributed by atoms with Gasteiger partial charge in [0.2, 0.25) is 10.0 Å². The highest BCUT2D eigenvalue weighted by Gasteiger charge is 2.27. The van der Waals surface area contributed by atoms with Crippen LogP contribution in [-0.2, 0) is 21.2 Å². The van der Waals surface area contributed by atoms with Crippen molar-refractivity contribution in [3.05, 3.63) is 53.6 Å². The van der Waals surface area contributed by atoms with Crippen molar-refractivity contribution >= 4 is 27.4 Å². The summed E-state index contributed by atoms with van der Waals surface area (Å²) in [5, 5.41) is 0. The number of fused-ring (bicyclic) bond motifs is 1. The Kier molecular flexibility index (Phi) is 7.12. The van der Waals surface area contributed by atoms with Crippen molar-refractivity contribution in [3.63, 3.8) is 0 Å². The molecule has 1 heterocycles. The molecule has 166 valence electrons. The van der Waals surface area contributed by atoms with Crippen molar-refractivity contribution in [1.29, 1.82) is 0 Å². The van der Waals surface area contributed by atoms with Gasteiger partial charge in [0.25, 0.3) is 5.91 Å². The molecule has 0 spiro atoms. The van der Waals surface area contributed by atoms with E-state index in [0.717, 1.165) is 17.7 Å². The first-order valence-electron chi connectivity index (χ1n) is 10.4. The van der Waals surface area contributed by atoms with Crippen molar-refractivity contribution in [2.45, 2.75) is 38.5 Å². The molecule has 3 rings (SSSR count). The average molecular weight is 445 g/mol. The number of nitrogens with zero attached hydrogens (tertiary/aromatic N) is 2. The van der Waals surface area contributed by atoms with Gasteiger partial charge in [0.15, 0.2) is 12.4 Å². The zero-order chi connectivity index (χ0) is 22.6. The van der Waals surface area contributed by atoms with Crippen molar-refractivity contribution < 1.29 is 22.7 Å². The molecule has 1 amide bonds. The van der Waals surface area contributed by atoms with Crippen molar-refractivity contribution in [1.82, 2.24) is 4.31 Å². The summed E-state index contributed by atoms with van der Waals surface area (Å²) in [4.78, 5) is 26.1. The second-order valence-electron chi connectivity index (χ2n) is 7.40. The van der Waals surface area contributed by atoms with E-state index >= 15 is 0 Å². The number of sulfonamides is 1. The summed E-state index contributed by atoms with van der Waals surface area (Å²) < 4.78 is 32.7. The Hall–Kier alpha value is -2.71. The highest BCUT2D eigenvalue weighted by molar-refractivity contribution is 7.89. The van der Waals surface area contributed by atoms with Crippen LogP contribution >= 0.6 is 0 Å². The van der Waals surface area contributed by atoms with Crippen LogP contribution < -0.4 is 9.64 Å². The molecule has 31 heavy (non-hydrogen) atoms. The molecular weight excluding hydrogens is 416 g/mol. The molecular formula is C23H28N2O5S. The highest BCUT2D eigenvalue weighted by atomic mass is 32.2. The zero-order valence-electron chi connectivity index (χ0n) is 18.1. The quantitative estimate of drug-likeness (QED) is 0.584. The van der Waals surface area contributed by atoms with Crippen LogP contribution in [0.15, 0.2) is 47.4 Å². The normalized spacial score (nSPS) is 13.7. The monoisotopic (exact) mass is 444 g/mol. The summed E-state index contributed by atoms with van der Waals surface area (Å²) >= 11 is 0. The van der Waals surface area contributed by atoms with Crippen molar-refractivity contribution in [3.8, 4) is 5.75 Å². The van der Waals surface area contributed by atoms with Gasteiger partial charge in [-0.05, 0) is 67.8 Å². The van der Waals surface area contributed by atoms with Gasteiger partial charge >= 0.3 is 0 Å². The Balaban J connectivity index is 1.75. The molecule has 0 bridgehead atoms. The maximum atomic E-state index is 12.8. The second kappa shape index (κ2) is 9.62. The van der Waals surface area contributed by atoms with Gasteiger partial charge in [0.05, 0.1) is 4.90 Å². The number of rotatable bonds is 8. The molecule has 7 nitrogen and oxygen atoms in total. The molecule has 0 aliphatic carbocycles. The van der Waals surface area contributed by atoms with E-state index in [9.17, 15) is 18.0 Å². The molecule has 0 fully saturated rings. The van der Waals surface area contributed by atoms with E-state index in [4.69, 9.17) is 4.74 Å². The number of hydrogen-bond donors (Lipinski definition) is 0. The third-order valence-corrected chi connectivity index (χ3v) is 7.48. The van der Waals surface area contributed by atoms with Gasteiger partial charge in [-0.15, -0.1) is 0 Å². The number of carbonyl (C=O) groups is 2. The van der Waals surface area contributed by atoms with Gasteiger partial charge in [-0.1, -0.05) is 13.8 Å². The molecule has 0 atom stereocenters. The first-order chi connectivity index (χ1) is 14.8. The molecule has 0 saturated heterocycles. The van der Waals surface area contributed by atoms with Crippen LogP contribution in [0.4, 0.5) is 5.69 Å². The number of amides is 1. The number of carbonyl (C=O) groups excluding carboxylic acids is 2. The Bertz CT molecular complexity index is 1060. The predicted octanol–water partition coefficient (Wildman–Crippen LogP) is 3.28. The van der Waals surface area contributed by atoms with Gasteiger partial charge in [-0.25, -0.2) is 8.42 Å². The maximum Gasteiger partial charge on any atom is 0.264 e. The molecule has 2 aromatic carbocycles. The number of Topliss-reactive ketones (excluding diaryl/α,β-unsaturated/α-hetero) is 1. The lowest BCUT2D eigenvalue weighted by Gasteiger charge is -2.30. The van der Waals surface area contributed by atoms with Crippen molar-refractivity contribution in [2.24, 2.45) is 0 Å². The topological polar surface area (TPSA) is 84.0 Å². The van der Waals surface area contributed by atoms with E-state index in [2.05, 4.69) is 0 Å². The number of hydrogen-bond acceptors (Lipinski definition) is 5. The Morgan fingerprint density at radius 2 is 1.74 bits per heavy atom. The summed E-state index contributed by atoms with van der Waals surface area (Å²) in [7, 11) is -3.55. The fourth-order valence-electron chi connectivity index (χ4n) is 3.71. The Labute approximate surface area is 183 Å². The van der Waals surface area contributed by atoms with Crippen LogP contribution in [0, 0.1) is 0 Å². The van der Waals surface area contributed by atoms with Gasteiger partial charge in [-0.2, -0.15) is 4.31 Å². The van der Waals surface area contributed by atoms with Crippen LogP contribution in [0.2, 0.25) is 0 Å². The fraction of sp³-hybridized carbons (Fsp3) is 0.391. The molecule has 1 aliphatic rings. The first kappa shape index (κ1) is 23.0. The highest BCUT2D eigenvalue weighted by Crippen LogP contribution is 2.30. The van der Waals surface area contributed by atoms with E-state index in [1.165, 1.54) is 11.2 Å². The van der Waals surface area contributed by atoms with E-state index in [-0.39, 0.29) is 23.2 Å². The molecule has 0 N–H and O–H groups in total. The maximum absolute atomic E-state index is 12.8. The van der Waals surface area contributed by atoms with Gasteiger partial charge < -0.3 is 9.64 Å². The lowest BCUT2D eigenvalue weighted by molar-refractivity contribution is -0.120. The SMILES string of the molecule is CCN(CC)S(=O)(=O)c1ccc2c(c1)CCCN2C(=O)COc1ccc(C(C)=O)cc1. The molecule has 0 radical (unpaired) electrons. The van der Waals surface area contributed by atoms with Gasteiger partial charge in [-0.3, -0.25) is 9.59 Å². The molecule has 1 aliphatic heterocycles. The summed E-state index contributed by atoms with van der Waals surface area (Å²) in [5.74, 6) is 0.280. The number of ether oxygens (including phenoxy) is 1. The average Bonchev–Trinajstić information content (AvgIpc) is 2.77. The number of benzene rings is 2. The summed E-state index contributed by atoms with van der Waals surface area (Å²) in [5.41, 5.74) is 2.16. The standard InChI is InChI=1S/C23H28N2O5S/c1-4-24(5-2)31(28,29)21-12-13-22-19(15-21)7-6-14-25(22)23(27)16-30-20-10-8-18(9-11-20)17(3)26/h8-13,15H,4-7,14,16H2,1-3H3. The lowest BCUT2D eigenvalue weighted by Crippen LogP contribution is -2.39. The largest absolute Gasteiger partial charge is 0.484 e. The summed E-state index contributed by atoms with van der Waals surface area (Å²) in [6.45, 7) is 6.35. The van der Waals surface area contributed by atoms with Gasteiger partial charge in [0, 0.05) is 30.9 Å². The minimum Gasteiger partial charge on any atom is -0.484 e. The van der Waals surface area contributed by atoms with Crippen LogP contribution in [0.3, 0.4) is 0 Å². The first-order valence-corrected chi connectivity index (χ1v) is 11.9. The predicted molar refractivity (Wildman–Crippen MR) is 119 cm³/mol. The Morgan fingerprint density at radius 1 is 1.06 bits per heavy atom. The molecule has 0 unspecified atom stereocenters. The van der Waals surface area contributed by atoms with Crippen LogP contribution in [-0.4, -0.2) is 50.7 Å². The van der Waals surface area contributed by atoms with E-state index in [1.807, 2.05) is 13.8 Å². The fourth-order valence-corrected chi connectivity index (χ4v) is 5.22. The molecule has 8 heteroatoms. The third-order valence-electron chi connectivity index (χ3n) is 5.44. The molecule has 0 aromatic heterocycles. The third kappa shape index (κ3) is 4.97. The lowest BCUT2D eigenvalue weighted by atomic mass is 10.0. The van der Waals surface area contributed by atoms with Crippen molar-refractivity contribution in [2.75, 3.05) is 31.1 Å². The van der Waals surface area contributed by atoms with E-state index in [0.29, 0.717) is 37.4 Å². The number of aryl methyl sites for hydroxylation is 1. The Morgan fingerprint density at radius 3 is 2.35 bits per heavy atom. The number of ketones is 1. The minimum atomic E-state index is -3.55. The van der Waals surface area contributed by atoms with E-state index in [1.54, 1.807) is 47.4 Å². The van der Waals surface area contributed by atoms with Crippen LogP contribution in [0.1, 0.15) is 43.1 Å². The second-order valence-corrected chi connectivity index (χ2v) is 9.34.